The van der Waals surface area contributed by atoms with Crippen LogP contribution in [0, 0.1) is 11.7 Å². The summed E-state index contributed by atoms with van der Waals surface area (Å²) in [5.41, 5.74) is 2.73. The summed E-state index contributed by atoms with van der Waals surface area (Å²) in [4.78, 5) is 27.2. The molecule has 32 heavy (non-hydrogen) atoms. The molecule has 1 aliphatic rings. The van der Waals surface area contributed by atoms with Crippen molar-refractivity contribution in [3.8, 4) is 5.75 Å². The molecule has 1 aliphatic heterocycles. The maximum absolute atomic E-state index is 14.1. The van der Waals surface area contributed by atoms with Crippen LogP contribution in [0.25, 0.3) is 0 Å². The molecule has 0 saturated carbocycles. The second-order valence-electron chi connectivity index (χ2n) is 9.18. The summed E-state index contributed by atoms with van der Waals surface area (Å²) in [5.74, 6) is 0.308. The van der Waals surface area contributed by atoms with Crippen LogP contribution in [0.2, 0.25) is 0 Å². The van der Waals surface area contributed by atoms with Crippen molar-refractivity contribution < 1.29 is 18.7 Å². The van der Waals surface area contributed by atoms with Crippen LogP contribution in [-0.2, 0) is 16.0 Å². The lowest BCUT2D eigenvalue weighted by molar-refractivity contribution is -0.134. The van der Waals surface area contributed by atoms with Crippen LogP contribution in [0.3, 0.4) is 0 Å². The number of carbonyl (C=O) groups is 2. The Morgan fingerprint density at radius 3 is 2.53 bits per heavy atom. The van der Waals surface area contributed by atoms with Crippen LogP contribution in [0.5, 0.6) is 5.75 Å². The molecule has 0 spiro atoms. The zero-order chi connectivity index (χ0) is 23.4. The fourth-order valence-electron chi connectivity index (χ4n) is 4.10. The molecular weight excluding hydrogens is 407 g/mol. The van der Waals surface area contributed by atoms with Gasteiger partial charge in [0.2, 0.25) is 5.91 Å². The van der Waals surface area contributed by atoms with Gasteiger partial charge in [0.05, 0.1) is 6.04 Å². The lowest BCUT2D eigenvalue weighted by atomic mass is 9.87. The van der Waals surface area contributed by atoms with Crippen LogP contribution in [0.15, 0.2) is 42.5 Å². The van der Waals surface area contributed by atoms with Crippen LogP contribution < -0.4 is 10.1 Å². The fourth-order valence-corrected chi connectivity index (χ4v) is 4.10. The van der Waals surface area contributed by atoms with Gasteiger partial charge in [-0.15, -0.1) is 0 Å². The first kappa shape index (κ1) is 23.8. The third kappa shape index (κ3) is 5.67. The van der Waals surface area contributed by atoms with Crippen molar-refractivity contribution in [2.24, 2.45) is 5.92 Å². The first-order valence-corrected chi connectivity index (χ1v) is 11.3. The van der Waals surface area contributed by atoms with Gasteiger partial charge in [0.25, 0.3) is 5.91 Å². The Morgan fingerprint density at radius 1 is 1.12 bits per heavy atom. The van der Waals surface area contributed by atoms with Gasteiger partial charge in [0.1, 0.15) is 11.6 Å². The number of hydrogen-bond acceptors (Lipinski definition) is 3. The standard InChI is InChI=1S/C26H33FN2O3/c1-16(2)13-24(30)29-12-11-19-9-10-22(32-18(5)26(31)28-17(3)4)15-23(19)25(29)20-7-6-8-21(27)14-20/h6-10,14-18,25H,11-13H2,1-5H3,(H,28,31)/t18-,25+/m1/s1. The number of fused-ring (bicyclic) bond motifs is 1. The molecule has 2 aromatic rings. The second kappa shape index (κ2) is 10.2. The van der Waals surface area contributed by atoms with Crippen molar-refractivity contribution in [2.45, 2.75) is 65.6 Å². The average Bonchev–Trinajstić information content (AvgIpc) is 2.71. The van der Waals surface area contributed by atoms with Gasteiger partial charge in [-0.2, -0.15) is 0 Å². The highest BCUT2D eigenvalue weighted by molar-refractivity contribution is 5.81. The van der Waals surface area contributed by atoms with E-state index in [0.29, 0.717) is 25.1 Å². The highest BCUT2D eigenvalue weighted by Gasteiger charge is 2.33. The van der Waals surface area contributed by atoms with Crippen LogP contribution in [-0.4, -0.2) is 35.4 Å². The number of hydrogen-bond donors (Lipinski definition) is 1. The molecule has 6 heteroatoms. The molecule has 0 fully saturated rings. The summed E-state index contributed by atoms with van der Waals surface area (Å²) in [6.45, 7) is 10.1. The van der Waals surface area contributed by atoms with Crippen molar-refractivity contribution in [1.82, 2.24) is 10.2 Å². The van der Waals surface area contributed by atoms with Crippen LogP contribution >= 0.6 is 0 Å². The molecule has 2 atom stereocenters. The Balaban J connectivity index is 1.97. The maximum Gasteiger partial charge on any atom is 0.260 e. The van der Waals surface area contributed by atoms with E-state index in [-0.39, 0.29) is 29.6 Å². The quantitative estimate of drug-likeness (QED) is 0.683. The Bertz CT molecular complexity index is 973. The van der Waals surface area contributed by atoms with E-state index in [2.05, 4.69) is 5.32 Å². The molecule has 5 nitrogen and oxygen atoms in total. The molecule has 0 unspecified atom stereocenters. The zero-order valence-corrected chi connectivity index (χ0v) is 19.5. The van der Waals surface area contributed by atoms with Crippen LogP contribution in [0.1, 0.15) is 63.8 Å². The van der Waals surface area contributed by atoms with E-state index in [1.54, 1.807) is 13.0 Å². The summed E-state index contributed by atoms with van der Waals surface area (Å²) in [5, 5.41) is 2.85. The average molecular weight is 441 g/mol. The van der Waals surface area contributed by atoms with Gasteiger partial charge in [-0.25, -0.2) is 4.39 Å². The van der Waals surface area contributed by atoms with Crippen molar-refractivity contribution in [2.75, 3.05) is 6.54 Å². The number of rotatable bonds is 7. The summed E-state index contributed by atoms with van der Waals surface area (Å²) < 4.78 is 20.0. The van der Waals surface area contributed by atoms with E-state index >= 15 is 0 Å². The Morgan fingerprint density at radius 2 is 1.88 bits per heavy atom. The van der Waals surface area contributed by atoms with Crippen molar-refractivity contribution in [3.63, 3.8) is 0 Å². The minimum atomic E-state index is -0.662. The zero-order valence-electron chi connectivity index (χ0n) is 19.5. The topological polar surface area (TPSA) is 58.6 Å². The van der Waals surface area contributed by atoms with Gasteiger partial charge in [-0.3, -0.25) is 9.59 Å². The Hall–Kier alpha value is -2.89. The number of nitrogens with zero attached hydrogens (tertiary/aromatic N) is 1. The largest absolute Gasteiger partial charge is 0.481 e. The number of carbonyl (C=O) groups excluding carboxylic acids is 2. The Labute approximate surface area is 190 Å². The minimum absolute atomic E-state index is 0.0231. The Kier molecular flexibility index (Phi) is 7.54. The molecule has 0 aliphatic carbocycles. The van der Waals surface area contributed by atoms with E-state index in [9.17, 15) is 14.0 Å². The SMILES string of the molecule is CC(C)CC(=O)N1CCc2ccc(O[C@H](C)C(=O)NC(C)C)cc2[C@@H]1c1cccc(F)c1. The summed E-state index contributed by atoms with van der Waals surface area (Å²) in [6, 6.07) is 11.8. The number of amides is 2. The third-order valence-electron chi connectivity index (χ3n) is 5.53. The maximum atomic E-state index is 14.1. The van der Waals surface area contributed by atoms with Gasteiger partial charge >= 0.3 is 0 Å². The van der Waals surface area contributed by atoms with Crippen LogP contribution in [0.4, 0.5) is 4.39 Å². The number of benzene rings is 2. The summed E-state index contributed by atoms with van der Waals surface area (Å²) >= 11 is 0. The predicted molar refractivity (Wildman–Crippen MR) is 123 cm³/mol. The number of nitrogens with one attached hydrogen (secondary N) is 1. The molecule has 2 amide bonds. The van der Waals surface area contributed by atoms with E-state index in [4.69, 9.17) is 4.74 Å². The lowest BCUT2D eigenvalue weighted by Crippen LogP contribution is -2.41. The smallest absolute Gasteiger partial charge is 0.260 e. The summed E-state index contributed by atoms with van der Waals surface area (Å²) in [7, 11) is 0. The molecule has 0 saturated heterocycles. The molecule has 2 aromatic carbocycles. The molecular formula is C26H33FN2O3. The summed E-state index contributed by atoms with van der Waals surface area (Å²) in [6.07, 6.45) is 0.489. The monoisotopic (exact) mass is 440 g/mol. The number of halogens is 1. The van der Waals surface area contributed by atoms with Crippen molar-refractivity contribution in [1.29, 1.82) is 0 Å². The van der Waals surface area contributed by atoms with E-state index in [1.165, 1.54) is 12.1 Å². The minimum Gasteiger partial charge on any atom is -0.481 e. The first-order valence-electron chi connectivity index (χ1n) is 11.3. The number of ether oxygens (including phenoxy) is 1. The van der Waals surface area contributed by atoms with Gasteiger partial charge in [-0.05, 0) is 74.1 Å². The third-order valence-corrected chi connectivity index (χ3v) is 5.53. The molecule has 0 radical (unpaired) electrons. The lowest BCUT2D eigenvalue weighted by Gasteiger charge is -2.38. The normalized spacial score (nSPS) is 16.6. The molecule has 0 bridgehead atoms. The molecule has 3 rings (SSSR count). The second-order valence-corrected chi connectivity index (χ2v) is 9.18. The van der Waals surface area contributed by atoms with E-state index < -0.39 is 12.1 Å². The van der Waals surface area contributed by atoms with E-state index in [1.807, 2.05) is 56.9 Å². The van der Waals surface area contributed by atoms with Crippen molar-refractivity contribution in [3.05, 3.63) is 65.0 Å². The predicted octanol–water partition coefficient (Wildman–Crippen LogP) is 4.64. The van der Waals surface area contributed by atoms with E-state index in [0.717, 1.165) is 16.7 Å². The van der Waals surface area contributed by atoms with Gasteiger partial charge in [-0.1, -0.05) is 32.0 Å². The first-order chi connectivity index (χ1) is 15.2. The van der Waals surface area contributed by atoms with Gasteiger partial charge in [0, 0.05) is 19.0 Å². The molecule has 1 heterocycles. The van der Waals surface area contributed by atoms with Crippen molar-refractivity contribution >= 4 is 11.8 Å². The molecule has 1 N–H and O–H groups in total. The molecule has 172 valence electrons. The highest BCUT2D eigenvalue weighted by Crippen LogP contribution is 2.38. The fraction of sp³-hybridized carbons (Fsp3) is 0.462. The van der Waals surface area contributed by atoms with Gasteiger partial charge in [0.15, 0.2) is 6.10 Å². The van der Waals surface area contributed by atoms with Gasteiger partial charge < -0.3 is 15.0 Å². The molecule has 0 aromatic heterocycles. The highest BCUT2D eigenvalue weighted by atomic mass is 19.1.